The van der Waals surface area contributed by atoms with Crippen molar-refractivity contribution < 1.29 is 26.3 Å². The third-order valence-corrected chi connectivity index (χ3v) is 5.81. The topological polar surface area (TPSA) is 72.4 Å². The lowest BCUT2D eigenvalue weighted by Gasteiger charge is -2.17. The lowest BCUT2D eigenvalue weighted by Crippen LogP contribution is -2.31. The van der Waals surface area contributed by atoms with E-state index in [2.05, 4.69) is 9.97 Å². The number of alkyl halides is 3. The number of nitrogens with zero attached hydrogens (tertiary/aromatic N) is 3. The SMILES string of the molecule is Cc1ccc(OC2CCN(S(=O)(=O)c3ccc(C(F)(F)F)nc3)C2)cn1. The van der Waals surface area contributed by atoms with Gasteiger partial charge in [-0.15, -0.1) is 0 Å². The fraction of sp³-hybridized carbons (Fsp3) is 0.375. The van der Waals surface area contributed by atoms with Crippen LogP contribution in [0.1, 0.15) is 17.8 Å². The number of aromatic nitrogens is 2. The van der Waals surface area contributed by atoms with Crippen molar-refractivity contribution in [3.8, 4) is 5.75 Å². The van der Waals surface area contributed by atoms with Crippen LogP contribution in [0.3, 0.4) is 0 Å². The minimum Gasteiger partial charge on any atom is -0.487 e. The summed E-state index contributed by atoms with van der Waals surface area (Å²) in [7, 11) is -3.93. The molecule has 1 saturated heterocycles. The molecule has 1 unspecified atom stereocenters. The molecule has 2 aromatic rings. The lowest BCUT2D eigenvalue weighted by molar-refractivity contribution is -0.141. The van der Waals surface area contributed by atoms with E-state index in [1.807, 2.05) is 6.92 Å². The molecule has 0 N–H and O–H groups in total. The van der Waals surface area contributed by atoms with Gasteiger partial charge < -0.3 is 4.74 Å². The van der Waals surface area contributed by atoms with E-state index >= 15 is 0 Å². The summed E-state index contributed by atoms with van der Waals surface area (Å²) in [5, 5.41) is 0. The fourth-order valence-electron chi connectivity index (χ4n) is 2.58. The molecule has 0 aliphatic carbocycles. The van der Waals surface area contributed by atoms with Crippen molar-refractivity contribution in [2.24, 2.45) is 0 Å². The number of pyridine rings is 2. The molecule has 0 saturated carbocycles. The van der Waals surface area contributed by atoms with E-state index in [1.165, 1.54) is 4.31 Å². The Labute approximate surface area is 148 Å². The van der Waals surface area contributed by atoms with Gasteiger partial charge in [0.25, 0.3) is 0 Å². The van der Waals surface area contributed by atoms with Gasteiger partial charge in [0.15, 0.2) is 0 Å². The second-order valence-corrected chi connectivity index (χ2v) is 7.84. The first-order valence-corrected chi connectivity index (χ1v) is 9.23. The van der Waals surface area contributed by atoms with Crippen LogP contribution < -0.4 is 4.74 Å². The summed E-state index contributed by atoms with van der Waals surface area (Å²) in [6.45, 7) is 2.16. The van der Waals surface area contributed by atoms with Crippen LogP contribution >= 0.6 is 0 Å². The van der Waals surface area contributed by atoms with Gasteiger partial charge in [-0.1, -0.05) is 0 Å². The molecule has 1 fully saturated rings. The van der Waals surface area contributed by atoms with Crippen molar-refractivity contribution in [3.63, 3.8) is 0 Å². The highest BCUT2D eigenvalue weighted by atomic mass is 32.2. The van der Waals surface area contributed by atoms with E-state index in [-0.39, 0.29) is 24.1 Å². The van der Waals surface area contributed by atoms with E-state index in [1.54, 1.807) is 18.3 Å². The summed E-state index contributed by atoms with van der Waals surface area (Å²) in [4.78, 5) is 7.05. The van der Waals surface area contributed by atoms with Crippen LogP contribution in [0.5, 0.6) is 5.75 Å². The largest absolute Gasteiger partial charge is 0.487 e. The molecule has 6 nitrogen and oxygen atoms in total. The first kappa shape index (κ1) is 18.6. The molecule has 10 heteroatoms. The van der Waals surface area contributed by atoms with Crippen molar-refractivity contribution in [2.75, 3.05) is 13.1 Å². The highest BCUT2D eigenvalue weighted by Gasteiger charge is 2.36. The second kappa shape index (κ2) is 6.84. The van der Waals surface area contributed by atoms with Gasteiger partial charge in [-0.3, -0.25) is 9.97 Å². The Kier molecular flexibility index (Phi) is 4.89. The van der Waals surface area contributed by atoms with Crippen LogP contribution in [0.4, 0.5) is 13.2 Å². The maximum atomic E-state index is 12.6. The molecule has 1 aliphatic heterocycles. The van der Waals surface area contributed by atoms with Gasteiger partial charge in [0.2, 0.25) is 10.0 Å². The van der Waals surface area contributed by atoms with Gasteiger partial charge in [-0.2, -0.15) is 17.5 Å². The quantitative estimate of drug-likeness (QED) is 0.807. The van der Waals surface area contributed by atoms with Crippen LogP contribution in [0.15, 0.2) is 41.6 Å². The van der Waals surface area contributed by atoms with Crippen LogP contribution in [0.25, 0.3) is 0 Å². The van der Waals surface area contributed by atoms with Gasteiger partial charge in [0.05, 0.1) is 12.7 Å². The fourth-order valence-corrected chi connectivity index (χ4v) is 4.01. The van der Waals surface area contributed by atoms with Gasteiger partial charge in [-0.25, -0.2) is 8.42 Å². The van der Waals surface area contributed by atoms with Crippen LogP contribution in [-0.2, 0) is 16.2 Å². The highest BCUT2D eigenvalue weighted by molar-refractivity contribution is 7.89. The monoisotopic (exact) mass is 387 g/mol. The summed E-state index contributed by atoms with van der Waals surface area (Å²) in [6, 6.07) is 5.12. The van der Waals surface area contributed by atoms with Crippen LogP contribution in [0.2, 0.25) is 0 Å². The lowest BCUT2D eigenvalue weighted by atomic mass is 10.3. The Hall–Kier alpha value is -2.20. The van der Waals surface area contributed by atoms with Crippen molar-refractivity contribution in [2.45, 2.75) is 30.5 Å². The Morgan fingerprint density at radius 3 is 2.50 bits per heavy atom. The number of halogens is 3. The van der Waals surface area contributed by atoms with Crippen molar-refractivity contribution >= 4 is 10.0 Å². The zero-order valence-corrected chi connectivity index (χ0v) is 14.6. The number of rotatable bonds is 4. The first-order valence-electron chi connectivity index (χ1n) is 7.79. The van der Waals surface area contributed by atoms with Gasteiger partial charge >= 0.3 is 6.18 Å². The van der Waals surface area contributed by atoms with Crippen molar-refractivity contribution in [3.05, 3.63) is 48.0 Å². The molecule has 0 amide bonds. The number of aryl methyl sites for hydroxylation is 1. The third kappa shape index (κ3) is 3.96. The molecule has 0 radical (unpaired) electrons. The molecule has 1 atom stereocenters. The number of ether oxygens (including phenoxy) is 1. The molecule has 0 spiro atoms. The summed E-state index contributed by atoms with van der Waals surface area (Å²) in [5.41, 5.74) is -0.297. The predicted molar refractivity (Wildman–Crippen MR) is 86.0 cm³/mol. The van der Waals surface area contributed by atoms with Crippen LogP contribution in [-0.4, -0.2) is 41.9 Å². The second-order valence-electron chi connectivity index (χ2n) is 5.90. The van der Waals surface area contributed by atoms with Crippen molar-refractivity contribution in [1.82, 2.24) is 14.3 Å². The zero-order valence-electron chi connectivity index (χ0n) is 13.8. The minimum atomic E-state index is -4.61. The zero-order chi connectivity index (χ0) is 18.9. The summed E-state index contributed by atoms with van der Waals surface area (Å²) < 4.78 is 69.7. The Morgan fingerprint density at radius 2 is 1.92 bits per heavy atom. The standard InChI is InChI=1S/C16H16F3N3O3S/c1-11-2-3-12(8-20-11)25-13-6-7-22(10-13)26(23,24)14-4-5-15(21-9-14)16(17,18)19/h2-5,8-9,13H,6-7,10H2,1H3. The average molecular weight is 387 g/mol. The van der Waals surface area contributed by atoms with Crippen LogP contribution in [0, 0.1) is 6.92 Å². The van der Waals surface area contributed by atoms with Crippen molar-refractivity contribution in [1.29, 1.82) is 0 Å². The molecule has 3 rings (SSSR count). The number of hydrogen-bond acceptors (Lipinski definition) is 5. The third-order valence-electron chi connectivity index (χ3n) is 3.96. The smallest absolute Gasteiger partial charge is 0.433 e. The Bertz CT molecular complexity index is 868. The number of sulfonamides is 1. The highest BCUT2D eigenvalue weighted by Crippen LogP contribution is 2.29. The average Bonchev–Trinajstić information content (AvgIpc) is 3.06. The summed E-state index contributed by atoms with van der Waals surface area (Å²) in [5.74, 6) is 0.538. The Morgan fingerprint density at radius 1 is 1.15 bits per heavy atom. The molecule has 2 aromatic heterocycles. The minimum absolute atomic E-state index is 0.108. The molecular formula is C16H16F3N3O3S. The molecular weight excluding hydrogens is 371 g/mol. The van der Waals surface area contributed by atoms with E-state index in [9.17, 15) is 21.6 Å². The number of hydrogen-bond donors (Lipinski definition) is 0. The van der Waals surface area contributed by atoms with Gasteiger partial charge in [0, 0.05) is 18.4 Å². The molecule has 3 heterocycles. The molecule has 0 aromatic carbocycles. The normalized spacial score (nSPS) is 18.8. The molecule has 140 valence electrons. The molecule has 0 bridgehead atoms. The molecule has 1 aliphatic rings. The van der Waals surface area contributed by atoms with Gasteiger partial charge in [0.1, 0.15) is 22.4 Å². The first-order chi connectivity index (χ1) is 12.2. The van der Waals surface area contributed by atoms with E-state index in [4.69, 9.17) is 4.74 Å². The predicted octanol–water partition coefficient (Wildman–Crippen LogP) is 2.65. The summed E-state index contributed by atoms with van der Waals surface area (Å²) >= 11 is 0. The van der Waals surface area contributed by atoms with E-state index < -0.39 is 21.9 Å². The van der Waals surface area contributed by atoms with E-state index in [0.717, 1.165) is 18.0 Å². The summed E-state index contributed by atoms with van der Waals surface area (Å²) in [6.07, 6.45) is -2.20. The van der Waals surface area contributed by atoms with Gasteiger partial charge in [-0.05, 0) is 37.6 Å². The Balaban J connectivity index is 1.69. The molecule has 26 heavy (non-hydrogen) atoms. The maximum absolute atomic E-state index is 12.6. The van der Waals surface area contributed by atoms with E-state index in [0.29, 0.717) is 18.2 Å². The maximum Gasteiger partial charge on any atom is 0.433 e.